The van der Waals surface area contributed by atoms with E-state index in [9.17, 15) is 5.21 Å². The third-order valence-electron chi connectivity index (χ3n) is 2.30. The largest absolute Gasteiger partial charge is 0.742 e. The van der Waals surface area contributed by atoms with E-state index in [0.717, 1.165) is 0 Å². The molecule has 11 heavy (non-hydrogen) atoms. The maximum Gasteiger partial charge on any atom is 0.0266 e. The quantitative estimate of drug-likeness (QED) is 0.461. The Kier molecular flexibility index (Phi) is 3.36. The van der Waals surface area contributed by atoms with Crippen molar-refractivity contribution in [1.82, 2.24) is 5.17 Å². The van der Waals surface area contributed by atoms with Crippen molar-refractivity contribution in [3.05, 3.63) is 5.21 Å². The first-order valence-corrected chi connectivity index (χ1v) is 4.24. The molecule has 64 valence electrons. The molecule has 0 radical (unpaired) electrons. The second kappa shape index (κ2) is 4.34. The van der Waals surface area contributed by atoms with Gasteiger partial charge in [0, 0.05) is 13.3 Å². The van der Waals surface area contributed by atoms with Gasteiger partial charge in [-0.1, -0.05) is 19.3 Å². The maximum absolute atomic E-state index is 10.8. The first kappa shape index (κ1) is 8.53. The summed E-state index contributed by atoms with van der Waals surface area (Å²) in [5.41, 5.74) is 0. The van der Waals surface area contributed by atoms with Gasteiger partial charge in [0.1, 0.15) is 0 Å². The predicted octanol–water partition coefficient (Wildman–Crippen LogP) is 1.98. The third kappa shape index (κ3) is 2.89. The predicted molar refractivity (Wildman–Crippen MR) is 46.2 cm³/mol. The number of rotatable bonds is 3. The lowest BCUT2D eigenvalue weighted by atomic mass is 9.89. The van der Waals surface area contributed by atoms with Crippen LogP contribution < -0.4 is 0 Å². The molecule has 0 N–H and O–H groups in total. The van der Waals surface area contributed by atoms with E-state index >= 15 is 0 Å². The van der Waals surface area contributed by atoms with Gasteiger partial charge in [0.25, 0.3) is 0 Å². The number of hydrogen-bond donors (Lipinski definition) is 0. The van der Waals surface area contributed by atoms with Crippen molar-refractivity contribution in [1.29, 1.82) is 0 Å². The van der Waals surface area contributed by atoms with Crippen LogP contribution in [0.5, 0.6) is 0 Å². The van der Waals surface area contributed by atoms with E-state index in [4.69, 9.17) is 0 Å². The summed E-state index contributed by atoms with van der Waals surface area (Å²) in [6.07, 6.45) is 6.25. The Morgan fingerprint density at radius 2 is 2.00 bits per heavy atom. The zero-order chi connectivity index (χ0) is 8.10. The van der Waals surface area contributed by atoms with Gasteiger partial charge in [-0.25, -0.2) is 5.10 Å². The molecule has 0 spiro atoms. The molecule has 1 saturated carbocycles. The molecule has 0 amide bonds. The van der Waals surface area contributed by atoms with Crippen LogP contribution in [-0.4, -0.2) is 18.4 Å². The highest BCUT2D eigenvalue weighted by molar-refractivity contribution is 5.22. The third-order valence-corrected chi connectivity index (χ3v) is 2.30. The highest BCUT2D eigenvalue weighted by atomic mass is 16.5. The number of hydrogen-bond acceptors (Lipinski definition) is 3. The van der Waals surface area contributed by atoms with E-state index in [-0.39, 0.29) is 0 Å². The maximum atomic E-state index is 10.8. The number of hydrazone groups is 1. The van der Waals surface area contributed by atoms with Crippen molar-refractivity contribution in [3.63, 3.8) is 0 Å². The molecule has 1 fully saturated rings. The van der Waals surface area contributed by atoms with E-state index in [0.29, 0.717) is 17.6 Å². The van der Waals surface area contributed by atoms with Crippen molar-refractivity contribution >= 4 is 6.72 Å². The molecular formula is C8H15N2O-. The average molecular weight is 155 g/mol. The molecule has 0 aromatic carbocycles. The van der Waals surface area contributed by atoms with E-state index in [2.05, 4.69) is 11.8 Å². The van der Waals surface area contributed by atoms with E-state index in [1.54, 1.807) is 0 Å². The van der Waals surface area contributed by atoms with Crippen LogP contribution in [0.25, 0.3) is 0 Å². The Bertz CT molecular complexity index is 121. The van der Waals surface area contributed by atoms with Crippen LogP contribution >= 0.6 is 0 Å². The Labute approximate surface area is 67.7 Å². The van der Waals surface area contributed by atoms with Crippen molar-refractivity contribution in [2.24, 2.45) is 11.0 Å². The molecule has 0 atom stereocenters. The van der Waals surface area contributed by atoms with Crippen LogP contribution in [0.4, 0.5) is 0 Å². The van der Waals surface area contributed by atoms with Gasteiger partial charge in [-0.2, -0.15) is 0 Å². The summed E-state index contributed by atoms with van der Waals surface area (Å²) in [4.78, 5) is 0. The van der Waals surface area contributed by atoms with Gasteiger partial charge >= 0.3 is 0 Å². The Hall–Kier alpha value is -0.570. The van der Waals surface area contributed by atoms with Crippen molar-refractivity contribution in [2.75, 3.05) is 6.54 Å². The summed E-state index contributed by atoms with van der Waals surface area (Å²) in [5.74, 6) is 0.562. The fraction of sp³-hybridized carbons (Fsp3) is 0.875. The second-order valence-corrected chi connectivity index (χ2v) is 3.18. The zero-order valence-corrected chi connectivity index (χ0v) is 6.83. The summed E-state index contributed by atoms with van der Waals surface area (Å²) in [5, 5.41) is 14.8. The Morgan fingerprint density at radius 3 is 2.55 bits per heavy atom. The van der Waals surface area contributed by atoms with Crippen molar-refractivity contribution in [2.45, 2.75) is 32.1 Å². The molecule has 0 unspecified atom stereocenters. The Morgan fingerprint density at radius 1 is 1.36 bits per heavy atom. The van der Waals surface area contributed by atoms with Crippen LogP contribution in [0, 0.1) is 11.1 Å². The number of nitrogens with zero attached hydrogens (tertiary/aromatic N) is 2. The van der Waals surface area contributed by atoms with Gasteiger partial charge < -0.3 is 10.4 Å². The smallest absolute Gasteiger partial charge is 0.0266 e. The van der Waals surface area contributed by atoms with Gasteiger partial charge in [-0.3, -0.25) is 0 Å². The molecule has 0 bridgehead atoms. The molecule has 0 heterocycles. The fourth-order valence-corrected chi connectivity index (χ4v) is 1.65. The van der Waals surface area contributed by atoms with Crippen molar-refractivity contribution in [3.8, 4) is 0 Å². The normalized spacial score (nSPS) is 19.7. The lowest BCUT2D eigenvalue weighted by molar-refractivity contribution is 0.263. The van der Waals surface area contributed by atoms with Gasteiger partial charge in [0.2, 0.25) is 0 Å². The van der Waals surface area contributed by atoms with Gasteiger partial charge in [-0.05, 0) is 18.8 Å². The van der Waals surface area contributed by atoms with Crippen LogP contribution in [-0.2, 0) is 0 Å². The minimum Gasteiger partial charge on any atom is -0.742 e. The highest BCUT2D eigenvalue weighted by Gasteiger charge is 2.12. The molecule has 0 saturated heterocycles. The van der Waals surface area contributed by atoms with E-state index < -0.39 is 0 Å². The first-order valence-electron chi connectivity index (χ1n) is 4.24. The minimum atomic E-state index is 0.545. The van der Waals surface area contributed by atoms with Gasteiger partial charge in [-0.15, -0.1) is 0 Å². The average Bonchev–Trinajstić information content (AvgIpc) is 2.06. The highest BCUT2D eigenvalue weighted by Crippen LogP contribution is 2.23. The van der Waals surface area contributed by atoms with Crippen LogP contribution in [0.3, 0.4) is 0 Å². The minimum absolute atomic E-state index is 0.545. The standard InChI is InChI=1S/C8H15N2O/c1-9-10(11)7-8-5-3-2-4-6-8/h8H,1-7H2/q-1. The molecule has 3 nitrogen and oxygen atoms in total. The van der Waals surface area contributed by atoms with Crippen molar-refractivity contribution < 1.29 is 0 Å². The molecule has 0 aromatic rings. The van der Waals surface area contributed by atoms with Gasteiger partial charge in [0.05, 0.1) is 0 Å². The monoisotopic (exact) mass is 155 g/mol. The Balaban J connectivity index is 2.18. The molecule has 1 rings (SSSR count). The summed E-state index contributed by atoms with van der Waals surface area (Å²) in [6, 6.07) is 0. The topological polar surface area (TPSA) is 38.7 Å². The van der Waals surface area contributed by atoms with Crippen LogP contribution in [0.1, 0.15) is 32.1 Å². The molecule has 0 aliphatic heterocycles. The van der Waals surface area contributed by atoms with Gasteiger partial charge in [0.15, 0.2) is 0 Å². The first-order chi connectivity index (χ1) is 5.33. The summed E-state index contributed by atoms with van der Waals surface area (Å²) < 4.78 is 0. The second-order valence-electron chi connectivity index (χ2n) is 3.18. The SMILES string of the molecule is C=NN([O-])CC1CCCCC1. The molecular weight excluding hydrogens is 140 g/mol. The molecule has 1 aliphatic rings. The molecule has 3 heteroatoms. The van der Waals surface area contributed by atoms with Crippen LogP contribution in [0.15, 0.2) is 5.10 Å². The lowest BCUT2D eigenvalue weighted by Gasteiger charge is -2.30. The summed E-state index contributed by atoms with van der Waals surface area (Å²) in [7, 11) is 0. The molecule has 0 aromatic heterocycles. The van der Waals surface area contributed by atoms with E-state index in [1.807, 2.05) is 0 Å². The number of hydroxylamine groups is 1. The molecule has 1 aliphatic carbocycles. The summed E-state index contributed by atoms with van der Waals surface area (Å²) in [6.45, 7) is 3.73. The fourth-order valence-electron chi connectivity index (χ4n) is 1.65. The van der Waals surface area contributed by atoms with E-state index in [1.165, 1.54) is 32.1 Å². The zero-order valence-electron chi connectivity index (χ0n) is 6.83. The lowest BCUT2D eigenvalue weighted by Crippen LogP contribution is -2.21. The summed E-state index contributed by atoms with van der Waals surface area (Å²) >= 11 is 0. The van der Waals surface area contributed by atoms with Crippen LogP contribution in [0.2, 0.25) is 0 Å².